The maximum atomic E-state index is 13.3. The highest BCUT2D eigenvalue weighted by Gasteiger charge is 2.24. The summed E-state index contributed by atoms with van der Waals surface area (Å²) in [6, 6.07) is 20.4. The maximum absolute atomic E-state index is 13.3. The van der Waals surface area contributed by atoms with E-state index in [0.717, 1.165) is 15.8 Å². The van der Waals surface area contributed by atoms with Crippen molar-refractivity contribution in [2.24, 2.45) is 0 Å². The fraction of sp³-hybridized carbons (Fsp3) is 0.280. The van der Waals surface area contributed by atoms with Gasteiger partial charge < -0.3 is 19.5 Å². The molecule has 3 amide bonds. The average molecular weight is 498 g/mol. The van der Waals surface area contributed by atoms with Crippen molar-refractivity contribution in [1.29, 1.82) is 0 Å². The number of hydrogen-bond acceptors (Lipinski definition) is 3. The third-order valence-corrected chi connectivity index (χ3v) is 5.53. The van der Waals surface area contributed by atoms with Crippen molar-refractivity contribution in [3.63, 3.8) is 0 Å². The zero-order valence-corrected chi connectivity index (χ0v) is 20.1. The van der Waals surface area contributed by atoms with Gasteiger partial charge in [0.25, 0.3) is 0 Å². The monoisotopic (exact) mass is 497 g/mol. The smallest absolute Gasteiger partial charge is 0.322 e. The number of amides is 3. The van der Waals surface area contributed by atoms with Crippen LogP contribution in [-0.2, 0) is 17.9 Å². The van der Waals surface area contributed by atoms with E-state index in [2.05, 4.69) is 21.2 Å². The van der Waals surface area contributed by atoms with Crippen LogP contribution in [0.1, 0.15) is 30.9 Å². The molecule has 2 aromatic carbocycles. The van der Waals surface area contributed by atoms with E-state index in [9.17, 15) is 9.59 Å². The molecule has 0 unspecified atom stereocenters. The van der Waals surface area contributed by atoms with E-state index in [0.29, 0.717) is 24.5 Å². The second-order valence-corrected chi connectivity index (χ2v) is 8.82. The van der Waals surface area contributed by atoms with Crippen molar-refractivity contribution >= 4 is 33.6 Å². The number of furan rings is 1. The molecule has 1 heterocycles. The van der Waals surface area contributed by atoms with Gasteiger partial charge in [-0.25, -0.2) is 4.79 Å². The summed E-state index contributed by atoms with van der Waals surface area (Å²) in [5, 5.41) is 2.87. The van der Waals surface area contributed by atoms with Crippen LogP contribution in [0.25, 0.3) is 0 Å². The first-order chi connectivity index (χ1) is 15.3. The number of nitrogens with one attached hydrogen (secondary N) is 1. The summed E-state index contributed by atoms with van der Waals surface area (Å²) in [6.07, 6.45) is 0. The van der Waals surface area contributed by atoms with Gasteiger partial charge in [-0.1, -0.05) is 46.3 Å². The van der Waals surface area contributed by atoms with Gasteiger partial charge in [-0.2, -0.15) is 0 Å². The summed E-state index contributed by atoms with van der Waals surface area (Å²) in [4.78, 5) is 29.5. The molecule has 3 aromatic rings. The Bertz CT molecular complexity index is 1030. The van der Waals surface area contributed by atoms with Gasteiger partial charge in [-0.05, 0) is 62.7 Å². The normalized spacial score (nSPS) is 10.8. The first-order valence-electron chi connectivity index (χ1n) is 10.5. The third kappa shape index (κ3) is 6.72. The minimum Gasteiger partial charge on any atom is -0.464 e. The molecule has 0 saturated carbocycles. The molecule has 0 saturated heterocycles. The van der Waals surface area contributed by atoms with Gasteiger partial charge in [0.1, 0.15) is 18.1 Å². The fourth-order valence-corrected chi connectivity index (χ4v) is 3.52. The van der Waals surface area contributed by atoms with Crippen molar-refractivity contribution in [3.8, 4) is 0 Å². The lowest BCUT2D eigenvalue weighted by atomic mass is 10.2. The minimum atomic E-state index is -0.316. The Morgan fingerprint density at radius 3 is 2.25 bits per heavy atom. The second-order valence-electron chi connectivity index (χ2n) is 7.91. The molecule has 0 bridgehead atoms. The number of carbonyl (C=O) groups excluding carboxylic acids is 2. The first kappa shape index (κ1) is 23.6. The maximum Gasteiger partial charge on any atom is 0.322 e. The number of benzene rings is 2. The molecular weight excluding hydrogens is 470 g/mol. The number of hydrogen-bond donors (Lipinski definition) is 1. The molecule has 0 atom stereocenters. The van der Waals surface area contributed by atoms with Crippen LogP contribution < -0.4 is 5.32 Å². The molecule has 0 spiro atoms. The Morgan fingerprint density at radius 2 is 1.66 bits per heavy atom. The zero-order valence-electron chi connectivity index (χ0n) is 18.5. The number of urea groups is 1. The Labute approximate surface area is 197 Å². The molecule has 0 aliphatic carbocycles. The highest BCUT2D eigenvalue weighted by atomic mass is 79.9. The summed E-state index contributed by atoms with van der Waals surface area (Å²) >= 11 is 3.39. The van der Waals surface area contributed by atoms with Crippen molar-refractivity contribution < 1.29 is 14.0 Å². The lowest BCUT2D eigenvalue weighted by Crippen LogP contribution is -2.47. The first-order valence-corrected chi connectivity index (χ1v) is 11.3. The van der Waals surface area contributed by atoms with Gasteiger partial charge in [0.05, 0.1) is 6.54 Å². The number of rotatable bonds is 8. The van der Waals surface area contributed by atoms with Crippen LogP contribution in [0.2, 0.25) is 0 Å². The molecule has 1 aromatic heterocycles. The van der Waals surface area contributed by atoms with Crippen LogP contribution >= 0.6 is 15.9 Å². The Balaban J connectivity index is 1.74. The molecule has 0 radical (unpaired) electrons. The molecule has 0 fully saturated rings. The summed E-state index contributed by atoms with van der Waals surface area (Å²) in [6.45, 7) is 6.39. The second kappa shape index (κ2) is 11.0. The molecule has 1 N–H and O–H groups in total. The molecule has 168 valence electrons. The number of anilines is 1. The summed E-state index contributed by atoms with van der Waals surface area (Å²) in [5.74, 6) is 1.36. The van der Waals surface area contributed by atoms with E-state index in [1.54, 1.807) is 4.90 Å². The van der Waals surface area contributed by atoms with Crippen molar-refractivity contribution in [1.82, 2.24) is 9.80 Å². The number of halogens is 1. The molecule has 7 heteroatoms. The molecular formula is C25H28BrN3O3. The van der Waals surface area contributed by atoms with Gasteiger partial charge in [-0.3, -0.25) is 4.79 Å². The summed E-state index contributed by atoms with van der Waals surface area (Å²) < 4.78 is 6.63. The van der Waals surface area contributed by atoms with E-state index in [4.69, 9.17) is 4.42 Å². The predicted molar refractivity (Wildman–Crippen MR) is 129 cm³/mol. The van der Waals surface area contributed by atoms with E-state index in [-0.39, 0.29) is 24.5 Å². The van der Waals surface area contributed by atoms with Gasteiger partial charge in [0, 0.05) is 22.7 Å². The highest BCUT2D eigenvalue weighted by molar-refractivity contribution is 9.10. The van der Waals surface area contributed by atoms with Gasteiger partial charge in [0.15, 0.2) is 0 Å². The molecule has 0 aliphatic heterocycles. The quantitative estimate of drug-likeness (QED) is 0.426. The van der Waals surface area contributed by atoms with Crippen molar-refractivity contribution in [2.45, 2.75) is 39.9 Å². The predicted octanol–water partition coefficient (Wildman–Crippen LogP) is 5.82. The largest absolute Gasteiger partial charge is 0.464 e. The molecule has 6 nitrogen and oxygen atoms in total. The van der Waals surface area contributed by atoms with Crippen LogP contribution in [0.5, 0.6) is 0 Å². The highest BCUT2D eigenvalue weighted by Crippen LogP contribution is 2.17. The lowest BCUT2D eigenvalue weighted by molar-refractivity contribution is -0.133. The Kier molecular flexibility index (Phi) is 8.11. The number of aryl methyl sites for hydroxylation is 1. The third-order valence-electron chi connectivity index (χ3n) is 5.00. The lowest BCUT2D eigenvalue weighted by Gasteiger charge is -2.30. The Hall–Kier alpha value is -3.06. The standard InChI is InChI=1S/C25H28BrN3O3/c1-18(2)29(25(31)27-22-12-10-21(26)11-13-22)17-24(30)28(15-20-7-5-4-6-8-20)16-23-14-9-19(3)32-23/h4-14,18H,15-17H2,1-3H3,(H,27,31). The van der Waals surface area contributed by atoms with Gasteiger partial charge in [0.2, 0.25) is 5.91 Å². The summed E-state index contributed by atoms with van der Waals surface area (Å²) in [5.41, 5.74) is 1.68. The fourth-order valence-electron chi connectivity index (χ4n) is 3.26. The minimum absolute atomic E-state index is 0.0352. The molecule has 32 heavy (non-hydrogen) atoms. The molecule has 0 aliphatic rings. The van der Waals surface area contributed by atoms with Gasteiger partial charge in [-0.15, -0.1) is 0 Å². The zero-order chi connectivity index (χ0) is 23.1. The van der Waals surface area contributed by atoms with E-state index < -0.39 is 0 Å². The number of carbonyl (C=O) groups is 2. The van der Waals surface area contributed by atoms with E-state index in [1.165, 1.54) is 4.90 Å². The Morgan fingerprint density at radius 1 is 0.969 bits per heavy atom. The van der Waals surface area contributed by atoms with Crippen LogP contribution in [0.4, 0.5) is 10.5 Å². The van der Waals surface area contributed by atoms with Crippen molar-refractivity contribution in [3.05, 3.63) is 88.3 Å². The van der Waals surface area contributed by atoms with Crippen LogP contribution in [0.3, 0.4) is 0 Å². The SMILES string of the molecule is Cc1ccc(CN(Cc2ccccc2)C(=O)CN(C(=O)Nc2ccc(Br)cc2)C(C)C)o1. The summed E-state index contributed by atoms with van der Waals surface area (Å²) in [7, 11) is 0. The van der Waals surface area contributed by atoms with Crippen LogP contribution in [0, 0.1) is 6.92 Å². The van der Waals surface area contributed by atoms with Crippen molar-refractivity contribution in [2.75, 3.05) is 11.9 Å². The average Bonchev–Trinajstić information content (AvgIpc) is 3.18. The van der Waals surface area contributed by atoms with E-state index in [1.807, 2.05) is 87.5 Å². The topological polar surface area (TPSA) is 65.8 Å². The number of nitrogens with zero attached hydrogens (tertiary/aromatic N) is 2. The van der Waals surface area contributed by atoms with E-state index >= 15 is 0 Å². The van der Waals surface area contributed by atoms with Crippen LogP contribution in [-0.4, -0.2) is 34.3 Å². The molecule has 3 rings (SSSR count). The van der Waals surface area contributed by atoms with Crippen LogP contribution in [0.15, 0.2) is 75.6 Å². The van der Waals surface area contributed by atoms with Gasteiger partial charge >= 0.3 is 6.03 Å².